The summed E-state index contributed by atoms with van der Waals surface area (Å²) in [6, 6.07) is -1.22. The van der Waals surface area contributed by atoms with E-state index in [1.54, 1.807) is 53.0 Å². The Kier molecular flexibility index (Phi) is 26.0. The molecule has 4 rings (SSSR count). The zero-order valence-electron chi connectivity index (χ0n) is 45.6. The highest BCUT2D eigenvalue weighted by atomic mass is 19.4. The van der Waals surface area contributed by atoms with Crippen LogP contribution in [-0.2, 0) is 57.1 Å². The van der Waals surface area contributed by atoms with Crippen LogP contribution in [0.15, 0.2) is 47.6 Å². The van der Waals surface area contributed by atoms with E-state index in [1.807, 2.05) is 39.0 Å². The smallest absolute Gasteiger partial charge is 0.411 e. The van der Waals surface area contributed by atoms with Crippen molar-refractivity contribution in [1.29, 1.82) is 0 Å². The highest BCUT2D eigenvalue weighted by molar-refractivity contribution is 6.39. The van der Waals surface area contributed by atoms with Gasteiger partial charge in [0.2, 0.25) is 5.79 Å². The van der Waals surface area contributed by atoms with Crippen LogP contribution in [0.2, 0.25) is 0 Å². The number of halogens is 3. The van der Waals surface area contributed by atoms with Crippen LogP contribution < -0.4 is 0 Å². The second kappa shape index (κ2) is 30.5. The minimum Gasteiger partial charge on any atom is -0.460 e. The summed E-state index contributed by atoms with van der Waals surface area (Å²) < 4.78 is 77.4. The van der Waals surface area contributed by atoms with Gasteiger partial charge in [0.1, 0.15) is 36.7 Å². The Hall–Kier alpha value is -3.66. The van der Waals surface area contributed by atoms with Crippen LogP contribution in [0.3, 0.4) is 0 Å². The molecule has 16 nitrogen and oxygen atoms in total. The summed E-state index contributed by atoms with van der Waals surface area (Å²) in [4.78, 5) is 72.4. The van der Waals surface area contributed by atoms with Crippen molar-refractivity contribution >= 4 is 29.2 Å². The lowest BCUT2D eigenvalue weighted by Gasteiger charge is -2.43. The number of alkyl halides is 3. The molecule has 0 aromatic carbocycles. The predicted molar refractivity (Wildman–Crippen MR) is 272 cm³/mol. The van der Waals surface area contributed by atoms with Crippen molar-refractivity contribution in [3.63, 3.8) is 0 Å². The summed E-state index contributed by atoms with van der Waals surface area (Å²) in [5, 5.41) is 34.1. The number of aliphatic hydroxyl groups is 3. The number of ketones is 3. The lowest BCUT2D eigenvalue weighted by molar-refractivity contribution is -0.266. The number of piperidine rings is 1. The Bertz CT molecular complexity index is 1990. The first-order chi connectivity index (χ1) is 35.4. The molecule has 3 heterocycles. The van der Waals surface area contributed by atoms with Crippen molar-refractivity contribution in [3.05, 3.63) is 47.6 Å². The number of methoxy groups -OCH3 is 2. The second-order valence-corrected chi connectivity index (χ2v) is 21.5. The maximum Gasteiger partial charge on any atom is 0.411 e. The lowest BCUT2D eigenvalue weighted by atomic mass is 9.78. The summed E-state index contributed by atoms with van der Waals surface area (Å²) in [5.74, 6) is -8.80. The van der Waals surface area contributed by atoms with Gasteiger partial charge in [-0.2, -0.15) is 13.2 Å². The molecule has 2 saturated heterocycles. The van der Waals surface area contributed by atoms with Crippen LogP contribution in [0.1, 0.15) is 126 Å². The van der Waals surface area contributed by atoms with Crippen LogP contribution >= 0.6 is 0 Å². The van der Waals surface area contributed by atoms with Gasteiger partial charge in [-0.3, -0.25) is 19.2 Å². The summed E-state index contributed by atoms with van der Waals surface area (Å²) in [5.41, 5.74) is 1.07. The van der Waals surface area contributed by atoms with E-state index in [2.05, 4.69) is 4.74 Å². The third kappa shape index (κ3) is 19.3. The van der Waals surface area contributed by atoms with E-state index in [1.165, 1.54) is 7.11 Å². The molecule has 2 bridgehead atoms. The lowest BCUT2D eigenvalue weighted by Crippen LogP contribution is -2.61. The Labute approximate surface area is 441 Å². The highest BCUT2D eigenvalue weighted by Crippen LogP contribution is 2.38. The number of fused-ring (bicyclic) bond motifs is 3. The zero-order valence-corrected chi connectivity index (χ0v) is 45.6. The molecule has 426 valence electrons. The van der Waals surface area contributed by atoms with E-state index in [-0.39, 0.29) is 87.7 Å². The zero-order chi connectivity index (χ0) is 55.6. The summed E-state index contributed by atoms with van der Waals surface area (Å²) >= 11 is 0. The molecule has 1 aliphatic carbocycles. The van der Waals surface area contributed by atoms with E-state index >= 15 is 0 Å². The topological polar surface area (TPSA) is 214 Å². The fourth-order valence-electron chi connectivity index (χ4n) is 10.7. The van der Waals surface area contributed by atoms with Crippen molar-refractivity contribution in [3.8, 4) is 0 Å². The van der Waals surface area contributed by atoms with Crippen LogP contribution in [0.25, 0.3) is 0 Å². The molecule has 0 radical (unpaired) electrons. The number of hydrogen-bond acceptors (Lipinski definition) is 15. The van der Waals surface area contributed by atoms with Crippen molar-refractivity contribution in [2.45, 2.75) is 186 Å². The first-order valence-electron chi connectivity index (χ1n) is 26.9. The van der Waals surface area contributed by atoms with Gasteiger partial charge in [-0.15, -0.1) is 0 Å². The number of carbonyl (C=O) groups is 5. The van der Waals surface area contributed by atoms with E-state index in [0.717, 1.165) is 10.5 Å². The molecule has 1 amide bonds. The monoisotopic (exact) mass is 1070 g/mol. The minimum atomic E-state index is -4.46. The van der Waals surface area contributed by atoms with E-state index in [4.69, 9.17) is 28.4 Å². The van der Waals surface area contributed by atoms with Gasteiger partial charge in [-0.05, 0) is 107 Å². The number of hydrogen-bond donors (Lipinski definition) is 3. The number of Topliss-reactive ketones (excluding diaryl/α,β-unsaturated/α-hetero) is 3. The third-order valence-electron chi connectivity index (χ3n) is 15.4. The molecule has 0 aromatic rings. The number of aliphatic hydroxyl groups excluding tert-OH is 2. The number of rotatable bonds is 13. The van der Waals surface area contributed by atoms with Gasteiger partial charge in [0.05, 0.1) is 50.8 Å². The Morgan fingerprint density at radius 1 is 0.840 bits per heavy atom. The van der Waals surface area contributed by atoms with Crippen LogP contribution in [0.4, 0.5) is 13.2 Å². The van der Waals surface area contributed by atoms with Gasteiger partial charge in [0.15, 0.2) is 5.78 Å². The van der Waals surface area contributed by atoms with Gasteiger partial charge < -0.3 is 53.4 Å². The minimum absolute atomic E-state index is 0.0191. The fraction of sp³-hybridized carbons (Fsp3) is 0.768. The SMILES string of the molecule is CO[C@@H]1C[C@H](C[C@@H](C)[C@@H]2CC(=O)[C@H](C)/C=C(\C)[C@@H](O)[C@@H](OC)C(=O)[C@H](C)C[C@H](C)/C=C/C=C/C=C(\C)[C@H](OCCOCCOCC(F)(F)F)C[C@@H]3CC[C@@H](C)[C@@](O)(O3)C(=O)C(=O)N3CCCC[C@H]3C(=O)O2)CC[C@H]1O. The second-order valence-electron chi connectivity index (χ2n) is 21.5. The molecule has 19 heteroatoms. The number of ether oxygens (including phenoxy) is 7. The van der Waals surface area contributed by atoms with Gasteiger partial charge in [-0.25, -0.2) is 4.79 Å². The average molecular weight is 1070 g/mol. The molecule has 75 heavy (non-hydrogen) atoms. The van der Waals surface area contributed by atoms with Crippen LogP contribution in [-0.4, -0.2) is 164 Å². The Morgan fingerprint density at radius 3 is 2.24 bits per heavy atom. The average Bonchev–Trinajstić information content (AvgIpc) is 3.36. The van der Waals surface area contributed by atoms with E-state index in [0.29, 0.717) is 63.4 Å². The number of nitrogens with zero attached hydrogens (tertiary/aromatic N) is 1. The summed E-state index contributed by atoms with van der Waals surface area (Å²) in [7, 11) is 2.89. The van der Waals surface area contributed by atoms with E-state index < -0.39 is 96.6 Å². The molecule has 3 N–H and O–H groups in total. The first kappa shape index (κ1) is 63.9. The summed E-state index contributed by atoms with van der Waals surface area (Å²) in [6.07, 6.45) is 4.79. The molecule has 0 unspecified atom stereocenters. The van der Waals surface area contributed by atoms with Crippen molar-refractivity contribution < 1.29 is 85.6 Å². The molecule has 1 saturated carbocycles. The van der Waals surface area contributed by atoms with Crippen molar-refractivity contribution in [1.82, 2.24) is 4.90 Å². The molecule has 0 spiro atoms. The Morgan fingerprint density at radius 2 is 1.55 bits per heavy atom. The molecular formula is C56H86F3NO15. The Balaban J connectivity index is 1.68. The van der Waals surface area contributed by atoms with Crippen LogP contribution in [0, 0.1) is 35.5 Å². The quantitative estimate of drug-likeness (QED) is 0.0723. The summed E-state index contributed by atoms with van der Waals surface area (Å²) in [6.45, 7) is 10.6. The fourth-order valence-corrected chi connectivity index (χ4v) is 10.7. The van der Waals surface area contributed by atoms with Gasteiger partial charge >= 0.3 is 12.1 Å². The van der Waals surface area contributed by atoms with E-state index in [9.17, 15) is 52.5 Å². The maximum absolute atomic E-state index is 14.5. The first-order valence-corrected chi connectivity index (χ1v) is 26.9. The molecular weight excluding hydrogens is 984 g/mol. The van der Waals surface area contributed by atoms with Crippen LogP contribution in [0.5, 0.6) is 0 Å². The maximum atomic E-state index is 14.5. The number of cyclic esters (lactones) is 1. The van der Waals surface area contributed by atoms with Gasteiger partial charge in [0, 0.05) is 51.4 Å². The molecule has 0 aromatic heterocycles. The molecule has 4 aliphatic rings. The number of amides is 1. The van der Waals surface area contributed by atoms with Gasteiger partial charge in [0.25, 0.3) is 11.7 Å². The van der Waals surface area contributed by atoms with Gasteiger partial charge in [-0.1, -0.05) is 71.1 Å². The van der Waals surface area contributed by atoms with Crippen molar-refractivity contribution in [2.24, 2.45) is 35.5 Å². The predicted octanol–water partition coefficient (Wildman–Crippen LogP) is 7.15. The molecule has 3 aliphatic heterocycles. The third-order valence-corrected chi connectivity index (χ3v) is 15.4. The van der Waals surface area contributed by atoms with Crippen molar-refractivity contribution in [2.75, 3.05) is 53.8 Å². The number of esters is 1. The standard InChI is InChI=1S/C56H86F3NO15/c1-34-15-11-10-12-16-35(2)46(73-26-25-71-23-24-72-33-55(57,58)59)31-42-20-18-40(7)56(68,75-42)52(65)53(66)60-22-14-13-17-43(60)54(67)74-47(37(4)29-41-19-21-44(61)48(30-41)69-8)32-45(62)36(3)28-39(6)50(64)51(70-9)49(63)38(5)27-34/h10-12,15-16,28,34,36-38,40-44,46-48,50-51,61,64,68H,13-14,17-27,29-33H2,1-9H3/b12-10+,15-11+,35-16+,39-28+/t34-,36-,37-,38-,40-,41+,42+,43+,44-,46-,47+,48-,50-,51+,56-/m1/s1. The largest absolute Gasteiger partial charge is 0.460 e. The number of allylic oxidation sites excluding steroid dienone is 6. The molecule has 3 fully saturated rings. The normalized spacial score (nSPS) is 36.9. The highest BCUT2D eigenvalue weighted by Gasteiger charge is 2.53. The number of carbonyl (C=O) groups excluding carboxylic acids is 5. The molecule has 15 atom stereocenters.